The second kappa shape index (κ2) is 4.38. The molecule has 0 aromatic carbocycles. The molecule has 0 aliphatic rings. The van der Waals surface area contributed by atoms with Gasteiger partial charge in [-0.25, -0.2) is 9.78 Å². The van der Waals surface area contributed by atoms with Gasteiger partial charge < -0.3 is 14.3 Å². The SMILES string of the molecule is COCc1nc(-c2cnn(C)c2)oc1C(=O)O. The third-order valence-electron chi connectivity index (χ3n) is 2.12. The molecule has 7 heteroatoms. The number of ether oxygens (including phenoxy) is 1. The summed E-state index contributed by atoms with van der Waals surface area (Å²) >= 11 is 0. The van der Waals surface area contributed by atoms with E-state index in [2.05, 4.69) is 10.1 Å². The number of aryl methyl sites for hydroxylation is 1. The van der Waals surface area contributed by atoms with Crippen LogP contribution in [0, 0.1) is 0 Å². The summed E-state index contributed by atoms with van der Waals surface area (Å²) in [7, 11) is 3.21. The minimum atomic E-state index is -1.17. The number of oxazole rings is 1. The van der Waals surface area contributed by atoms with Gasteiger partial charge in [-0.1, -0.05) is 0 Å². The van der Waals surface area contributed by atoms with Crippen LogP contribution in [0.25, 0.3) is 11.5 Å². The van der Waals surface area contributed by atoms with E-state index in [-0.39, 0.29) is 24.0 Å². The first kappa shape index (κ1) is 11.3. The molecular formula is C10H11N3O4. The van der Waals surface area contributed by atoms with Gasteiger partial charge in [0.25, 0.3) is 0 Å². The summed E-state index contributed by atoms with van der Waals surface area (Å²) in [6.45, 7) is 0.0887. The summed E-state index contributed by atoms with van der Waals surface area (Å²) in [6.07, 6.45) is 3.24. The molecule has 2 heterocycles. The first-order chi connectivity index (χ1) is 8.11. The highest BCUT2D eigenvalue weighted by atomic mass is 16.5. The zero-order valence-corrected chi connectivity index (χ0v) is 9.38. The van der Waals surface area contributed by atoms with E-state index in [1.807, 2.05) is 0 Å². The highest BCUT2D eigenvalue weighted by Gasteiger charge is 2.20. The van der Waals surface area contributed by atoms with Crippen molar-refractivity contribution in [2.24, 2.45) is 7.05 Å². The lowest BCUT2D eigenvalue weighted by Gasteiger charge is -1.92. The number of aromatic carboxylic acids is 1. The van der Waals surface area contributed by atoms with Crippen molar-refractivity contribution in [3.8, 4) is 11.5 Å². The average molecular weight is 237 g/mol. The predicted octanol–water partition coefficient (Wildman–Crippen LogP) is 0.920. The van der Waals surface area contributed by atoms with E-state index in [1.165, 1.54) is 7.11 Å². The highest BCUT2D eigenvalue weighted by molar-refractivity contribution is 5.86. The standard InChI is InChI=1S/C10H11N3O4/c1-13-4-6(3-11-13)9-12-7(5-16-2)8(17-9)10(14)15/h3-4H,5H2,1-2H3,(H,14,15). The van der Waals surface area contributed by atoms with Crippen molar-refractivity contribution in [2.45, 2.75) is 6.61 Å². The minimum absolute atomic E-state index is 0.0887. The largest absolute Gasteiger partial charge is 0.475 e. The number of methoxy groups -OCH3 is 1. The third-order valence-corrected chi connectivity index (χ3v) is 2.12. The molecule has 0 amide bonds. The van der Waals surface area contributed by atoms with Crippen LogP contribution in [0.5, 0.6) is 0 Å². The van der Waals surface area contributed by atoms with Crippen LogP contribution < -0.4 is 0 Å². The molecule has 0 spiro atoms. The normalized spacial score (nSPS) is 10.7. The van der Waals surface area contributed by atoms with Crippen molar-refractivity contribution in [1.29, 1.82) is 0 Å². The van der Waals surface area contributed by atoms with Gasteiger partial charge in [0.2, 0.25) is 11.7 Å². The maximum Gasteiger partial charge on any atom is 0.373 e. The van der Waals surface area contributed by atoms with Gasteiger partial charge in [-0.05, 0) is 0 Å². The Labute approximate surface area is 96.6 Å². The Morgan fingerprint density at radius 2 is 2.41 bits per heavy atom. The van der Waals surface area contributed by atoms with Gasteiger partial charge in [0, 0.05) is 20.4 Å². The number of hydrogen-bond acceptors (Lipinski definition) is 5. The second-order valence-electron chi connectivity index (χ2n) is 3.44. The van der Waals surface area contributed by atoms with Crippen LogP contribution >= 0.6 is 0 Å². The lowest BCUT2D eigenvalue weighted by Crippen LogP contribution is -2.00. The number of nitrogens with zero attached hydrogens (tertiary/aromatic N) is 3. The molecule has 0 saturated heterocycles. The fourth-order valence-electron chi connectivity index (χ4n) is 1.41. The van der Waals surface area contributed by atoms with Crippen molar-refractivity contribution in [1.82, 2.24) is 14.8 Å². The van der Waals surface area contributed by atoms with Crippen molar-refractivity contribution >= 4 is 5.97 Å². The Kier molecular flexibility index (Phi) is 2.92. The maximum absolute atomic E-state index is 10.9. The third kappa shape index (κ3) is 2.18. The van der Waals surface area contributed by atoms with Crippen LogP contribution in [0.4, 0.5) is 0 Å². The minimum Gasteiger partial charge on any atom is -0.475 e. The van der Waals surface area contributed by atoms with Gasteiger partial charge in [0.15, 0.2) is 0 Å². The molecular weight excluding hydrogens is 226 g/mol. The van der Waals surface area contributed by atoms with E-state index in [4.69, 9.17) is 14.3 Å². The quantitative estimate of drug-likeness (QED) is 0.850. The van der Waals surface area contributed by atoms with Crippen molar-refractivity contribution in [3.05, 3.63) is 23.8 Å². The summed E-state index contributed by atoms with van der Waals surface area (Å²) in [4.78, 5) is 15.0. The van der Waals surface area contributed by atoms with Crippen LogP contribution in [0.3, 0.4) is 0 Å². The topological polar surface area (TPSA) is 90.4 Å². The summed E-state index contributed by atoms with van der Waals surface area (Å²) in [5.74, 6) is -1.15. The molecule has 7 nitrogen and oxygen atoms in total. The lowest BCUT2D eigenvalue weighted by atomic mass is 10.3. The lowest BCUT2D eigenvalue weighted by molar-refractivity contribution is 0.0656. The molecule has 0 aliphatic heterocycles. The van der Waals surface area contributed by atoms with Crippen molar-refractivity contribution in [3.63, 3.8) is 0 Å². The maximum atomic E-state index is 10.9. The second-order valence-corrected chi connectivity index (χ2v) is 3.44. The molecule has 17 heavy (non-hydrogen) atoms. The number of hydrogen-bond donors (Lipinski definition) is 1. The Balaban J connectivity index is 2.43. The van der Waals surface area contributed by atoms with Crippen LogP contribution in [0.15, 0.2) is 16.8 Å². The molecule has 1 N–H and O–H groups in total. The zero-order chi connectivity index (χ0) is 12.4. The van der Waals surface area contributed by atoms with Crippen LogP contribution in [-0.2, 0) is 18.4 Å². The van der Waals surface area contributed by atoms with E-state index in [0.29, 0.717) is 5.56 Å². The monoisotopic (exact) mass is 237 g/mol. The Hall–Kier alpha value is -2.15. The molecule has 0 bridgehead atoms. The van der Waals surface area contributed by atoms with Crippen LogP contribution in [0.1, 0.15) is 16.2 Å². The summed E-state index contributed by atoms with van der Waals surface area (Å²) in [6, 6.07) is 0. The first-order valence-electron chi connectivity index (χ1n) is 4.82. The molecule has 2 aromatic heterocycles. The van der Waals surface area contributed by atoms with Crippen LogP contribution in [-0.4, -0.2) is 33.0 Å². The fourth-order valence-corrected chi connectivity index (χ4v) is 1.41. The molecule has 0 atom stereocenters. The van der Waals surface area contributed by atoms with Gasteiger partial charge in [0.1, 0.15) is 5.69 Å². The molecule has 0 unspecified atom stereocenters. The average Bonchev–Trinajstić information content (AvgIpc) is 2.85. The van der Waals surface area contributed by atoms with Crippen molar-refractivity contribution in [2.75, 3.05) is 7.11 Å². The van der Waals surface area contributed by atoms with E-state index >= 15 is 0 Å². The molecule has 2 rings (SSSR count). The fraction of sp³-hybridized carbons (Fsp3) is 0.300. The summed E-state index contributed by atoms with van der Waals surface area (Å²) < 4.78 is 11.6. The highest BCUT2D eigenvalue weighted by Crippen LogP contribution is 2.21. The number of carboxylic acid groups (broad SMARTS) is 1. The molecule has 0 radical (unpaired) electrons. The van der Waals surface area contributed by atoms with E-state index in [1.54, 1.807) is 24.1 Å². The van der Waals surface area contributed by atoms with E-state index < -0.39 is 5.97 Å². The first-order valence-corrected chi connectivity index (χ1v) is 4.82. The number of carbonyl (C=O) groups is 1. The van der Waals surface area contributed by atoms with Crippen molar-refractivity contribution < 1.29 is 19.1 Å². The number of carboxylic acids is 1. The summed E-state index contributed by atoms with van der Waals surface area (Å²) in [5, 5.41) is 12.9. The molecule has 0 aliphatic carbocycles. The Morgan fingerprint density at radius 1 is 1.65 bits per heavy atom. The van der Waals surface area contributed by atoms with Gasteiger partial charge in [-0.2, -0.15) is 5.10 Å². The molecule has 2 aromatic rings. The van der Waals surface area contributed by atoms with Gasteiger partial charge in [0.05, 0.1) is 18.4 Å². The van der Waals surface area contributed by atoms with E-state index in [9.17, 15) is 4.79 Å². The molecule has 0 saturated carbocycles. The smallest absolute Gasteiger partial charge is 0.373 e. The zero-order valence-electron chi connectivity index (χ0n) is 9.38. The van der Waals surface area contributed by atoms with Crippen LogP contribution in [0.2, 0.25) is 0 Å². The Bertz CT molecular complexity index is 543. The van der Waals surface area contributed by atoms with E-state index in [0.717, 1.165) is 0 Å². The Morgan fingerprint density at radius 3 is 2.94 bits per heavy atom. The summed E-state index contributed by atoms with van der Waals surface area (Å²) in [5.41, 5.74) is 0.885. The van der Waals surface area contributed by atoms with Gasteiger partial charge >= 0.3 is 5.97 Å². The number of aromatic nitrogens is 3. The molecule has 0 fully saturated rings. The predicted molar refractivity (Wildman–Crippen MR) is 56.4 cm³/mol. The molecule has 90 valence electrons. The number of rotatable bonds is 4. The van der Waals surface area contributed by atoms with Gasteiger partial charge in [-0.3, -0.25) is 4.68 Å². The van der Waals surface area contributed by atoms with Gasteiger partial charge in [-0.15, -0.1) is 0 Å².